The number of aliphatic hydroxyl groups excluding tert-OH is 1. The third-order valence-electron chi connectivity index (χ3n) is 2.17. The maximum Gasteiger partial charge on any atom is 0.142 e. The van der Waals surface area contributed by atoms with Gasteiger partial charge in [-0.2, -0.15) is 0 Å². The van der Waals surface area contributed by atoms with Crippen LogP contribution in [0.15, 0.2) is 29.1 Å². The summed E-state index contributed by atoms with van der Waals surface area (Å²) >= 11 is 0. The lowest BCUT2D eigenvalue weighted by atomic mass is 10.2. The minimum absolute atomic E-state index is 0.616. The van der Waals surface area contributed by atoms with Crippen molar-refractivity contribution in [1.82, 2.24) is 9.55 Å². The van der Waals surface area contributed by atoms with Crippen molar-refractivity contribution in [2.45, 2.75) is 13.0 Å². The predicted molar refractivity (Wildman–Crippen MR) is 50.7 cm³/mol. The molecule has 0 saturated heterocycles. The van der Waals surface area contributed by atoms with Gasteiger partial charge in [-0.3, -0.25) is 0 Å². The van der Waals surface area contributed by atoms with Gasteiger partial charge in [0.15, 0.2) is 0 Å². The number of imidazole rings is 1. The van der Waals surface area contributed by atoms with Crippen LogP contribution in [0.2, 0.25) is 0 Å². The summed E-state index contributed by atoms with van der Waals surface area (Å²) in [5.74, 6) is 1.40. The van der Waals surface area contributed by atoms with E-state index in [0.717, 1.165) is 11.3 Å². The van der Waals surface area contributed by atoms with E-state index in [1.54, 1.807) is 29.3 Å². The molecule has 0 aromatic carbocycles. The smallest absolute Gasteiger partial charge is 0.142 e. The molecule has 74 valence electrons. The summed E-state index contributed by atoms with van der Waals surface area (Å²) in [6.07, 6.45) is 4.29. The van der Waals surface area contributed by atoms with E-state index in [4.69, 9.17) is 4.42 Å². The average molecular weight is 192 g/mol. The molecule has 0 bridgehead atoms. The highest BCUT2D eigenvalue weighted by Crippen LogP contribution is 2.21. The first-order chi connectivity index (χ1) is 6.68. The summed E-state index contributed by atoms with van der Waals surface area (Å²) in [5.41, 5.74) is 0.733. The van der Waals surface area contributed by atoms with Gasteiger partial charge in [0.05, 0.1) is 6.26 Å². The first-order valence-electron chi connectivity index (χ1n) is 4.39. The molecule has 0 radical (unpaired) electrons. The van der Waals surface area contributed by atoms with E-state index in [2.05, 4.69) is 4.98 Å². The molecular weight excluding hydrogens is 180 g/mol. The summed E-state index contributed by atoms with van der Waals surface area (Å²) in [6, 6.07) is 1.80. The normalized spacial score (nSPS) is 13.1. The molecule has 2 rings (SSSR count). The number of aryl methyl sites for hydroxylation is 2. The minimum Gasteiger partial charge on any atom is -0.469 e. The van der Waals surface area contributed by atoms with Gasteiger partial charge in [0.2, 0.25) is 0 Å². The van der Waals surface area contributed by atoms with E-state index >= 15 is 0 Å². The van der Waals surface area contributed by atoms with Crippen LogP contribution in [0.3, 0.4) is 0 Å². The second kappa shape index (κ2) is 3.31. The lowest BCUT2D eigenvalue weighted by molar-refractivity contribution is 0.205. The van der Waals surface area contributed by atoms with Gasteiger partial charge >= 0.3 is 0 Å². The van der Waals surface area contributed by atoms with Gasteiger partial charge in [-0.05, 0) is 13.0 Å². The molecule has 0 aliphatic heterocycles. The SMILES string of the molecule is Cc1cc(C(O)c2nccn2C)co1. The van der Waals surface area contributed by atoms with Crippen LogP contribution in [0, 0.1) is 6.92 Å². The number of hydrogen-bond donors (Lipinski definition) is 1. The van der Waals surface area contributed by atoms with Gasteiger partial charge in [0, 0.05) is 25.0 Å². The van der Waals surface area contributed by atoms with Gasteiger partial charge in [-0.1, -0.05) is 0 Å². The Bertz CT molecular complexity index is 431. The van der Waals surface area contributed by atoms with Crippen LogP contribution in [0.1, 0.15) is 23.3 Å². The Hall–Kier alpha value is -1.55. The maximum absolute atomic E-state index is 9.93. The van der Waals surface area contributed by atoms with Gasteiger partial charge in [-0.15, -0.1) is 0 Å². The fourth-order valence-electron chi connectivity index (χ4n) is 1.40. The highest BCUT2D eigenvalue weighted by Gasteiger charge is 2.16. The second-order valence-corrected chi connectivity index (χ2v) is 3.29. The van der Waals surface area contributed by atoms with Gasteiger partial charge in [0.1, 0.15) is 17.7 Å². The molecule has 4 heteroatoms. The topological polar surface area (TPSA) is 51.2 Å². The van der Waals surface area contributed by atoms with Gasteiger partial charge in [0.25, 0.3) is 0 Å². The van der Waals surface area contributed by atoms with Crippen molar-refractivity contribution in [1.29, 1.82) is 0 Å². The fraction of sp³-hybridized carbons (Fsp3) is 0.300. The zero-order chi connectivity index (χ0) is 10.1. The molecule has 1 atom stereocenters. The quantitative estimate of drug-likeness (QED) is 0.782. The van der Waals surface area contributed by atoms with Crippen LogP contribution >= 0.6 is 0 Å². The summed E-state index contributed by atoms with van der Waals surface area (Å²) in [4.78, 5) is 4.07. The molecule has 0 aliphatic carbocycles. The molecule has 1 N–H and O–H groups in total. The molecule has 2 aromatic rings. The molecule has 0 amide bonds. The number of aromatic nitrogens is 2. The highest BCUT2D eigenvalue weighted by molar-refractivity contribution is 5.20. The van der Waals surface area contributed by atoms with Crippen LogP contribution < -0.4 is 0 Å². The Labute approximate surface area is 81.8 Å². The molecule has 2 aromatic heterocycles. The van der Waals surface area contributed by atoms with E-state index in [9.17, 15) is 5.11 Å². The van der Waals surface area contributed by atoms with Crippen molar-refractivity contribution >= 4 is 0 Å². The highest BCUT2D eigenvalue weighted by atomic mass is 16.3. The molecule has 4 nitrogen and oxygen atoms in total. The molecule has 0 saturated carbocycles. The summed E-state index contributed by atoms with van der Waals surface area (Å²) in [7, 11) is 1.85. The Kier molecular flexibility index (Phi) is 2.13. The molecule has 1 unspecified atom stereocenters. The van der Waals surface area contributed by atoms with Crippen molar-refractivity contribution in [3.05, 3.63) is 41.9 Å². The summed E-state index contributed by atoms with van der Waals surface area (Å²) < 4.78 is 6.91. The van der Waals surface area contributed by atoms with Crippen molar-refractivity contribution < 1.29 is 9.52 Å². The number of hydrogen-bond acceptors (Lipinski definition) is 3. The van der Waals surface area contributed by atoms with Crippen molar-refractivity contribution in [3.63, 3.8) is 0 Å². The van der Waals surface area contributed by atoms with Crippen LogP contribution in [0.5, 0.6) is 0 Å². The maximum atomic E-state index is 9.93. The third kappa shape index (κ3) is 1.44. The predicted octanol–water partition coefficient (Wildman–Crippen LogP) is 1.40. The summed E-state index contributed by atoms with van der Waals surface area (Å²) in [6.45, 7) is 1.84. The van der Waals surface area contributed by atoms with Gasteiger partial charge in [-0.25, -0.2) is 4.98 Å². The van der Waals surface area contributed by atoms with Crippen molar-refractivity contribution in [2.75, 3.05) is 0 Å². The number of aliphatic hydroxyl groups is 1. The molecule has 0 spiro atoms. The minimum atomic E-state index is -0.715. The van der Waals surface area contributed by atoms with Crippen molar-refractivity contribution in [2.24, 2.45) is 7.05 Å². The van der Waals surface area contributed by atoms with Crippen LogP contribution in [0.4, 0.5) is 0 Å². The molecular formula is C10H12N2O2. The lowest BCUT2D eigenvalue weighted by Gasteiger charge is -2.07. The lowest BCUT2D eigenvalue weighted by Crippen LogP contribution is -2.05. The number of rotatable bonds is 2. The summed E-state index contributed by atoms with van der Waals surface area (Å²) in [5, 5.41) is 9.93. The monoisotopic (exact) mass is 192 g/mol. The number of furan rings is 1. The van der Waals surface area contributed by atoms with Crippen LogP contribution in [-0.2, 0) is 7.05 Å². The molecule has 0 aliphatic rings. The van der Waals surface area contributed by atoms with Crippen LogP contribution in [0.25, 0.3) is 0 Å². The Morgan fingerprint density at radius 1 is 1.57 bits per heavy atom. The van der Waals surface area contributed by atoms with E-state index in [1.165, 1.54) is 0 Å². The third-order valence-corrected chi connectivity index (χ3v) is 2.17. The van der Waals surface area contributed by atoms with Crippen molar-refractivity contribution in [3.8, 4) is 0 Å². The Morgan fingerprint density at radius 2 is 2.36 bits per heavy atom. The first-order valence-corrected chi connectivity index (χ1v) is 4.39. The average Bonchev–Trinajstić information content (AvgIpc) is 2.73. The zero-order valence-corrected chi connectivity index (χ0v) is 8.14. The van der Waals surface area contributed by atoms with Gasteiger partial charge < -0.3 is 14.1 Å². The van der Waals surface area contributed by atoms with Crippen LogP contribution in [-0.4, -0.2) is 14.7 Å². The standard InChI is InChI=1S/C10H12N2O2/c1-7-5-8(6-14-7)9(13)10-11-3-4-12(10)2/h3-6,9,13H,1-2H3. The largest absolute Gasteiger partial charge is 0.469 e. The molecule has 2 heterocycles. The zero-order valence-electron chi connectivity index (χ0n) is 8.14. The Morgan fingerprint density at radius 3 is 2.86 bits per heavy atom. The van der Waals surface area contributed by atoms with E-state index < -0.39 is 6.10 Å². The number of nitrogens with zero attached hydrogens (tertiary/aromatic N) is 2. The van der Waals surface area contributed by atoms with E-state index in [-0.39, 0.29) is 0 Å². The fourth-order valence-corrected chi connectivity index (χ4v) is 1.40. The Balaban J connectivity index is 2.33. The molecule has 0 fully saturated rings. The first kappa shape index (κ1) is 9.02. The second-order valence-electron chi connectivity index (χ2n) is 3.29. The van der Waals surface area contributed by atoms with E-state index in [1.807, 2.05) is 14.0 Å². The van der Waals surface area contributed by atoms with E-state index in [0.29, 0.717) is 5.82 Å². The molecule has 14 heavy (non-hydrogen) atoms.